The quantitative estimate of drug-likeness (QED) is 0.593. The second-order valence-corrected chi connectivity index (χ2v) is 7.31. The van der Waals surface area contributed by atoms with Gasteiger partial charge in [0.15, 0.2) is 0 Å². The van der Waals surface area contributed by atoms with Crippen LogP contribution in [0.25, 0.3) is 0 Å². The van der Waals surface area contributed by atoms with Crippen LogP contribution in [0.2, 0.25) is 0 Å². The molecule has 130 valence electrons. The Hall–Kier alpha value is -2.19. The smallest absolute Gasteiger partial charge is 0.230 e. The molecule has 0 unspecified atom stereocenters. The number of hydrogen-bond acceptors (Lipinski definition) is 5. The number of hydrogen-bond donors (Lipinski definition) is 2. The zero-order valence-corrected chi connectivity index (χ0v) is 15.0. The Bertz CT molecular complexity index is 802. The van der Waals surface area contributed by atoms with Crippen LogP contribution in [0, 0.1) is 5.82 Å². The van der Waals surface area contributed by atoms with E-state index in [0.717, 1.165) is 17.8 Å². The van der Waals surface area contributed by atoms with Crippen LogP contribution < -0.4 is 5.32 Å². The molecular formula is C17H17FN4OS2. The summed E-state index contributed by atoms with van der Waals surface area (Å²) >= 11 is 2.97. The highest BCUT2D eigenvalue weighted by Crippen LogP contribution is 2.16. The van der Waals surface area contributed by atoms with Crippen molar-refractivity contribution in [3.05, 3.63) is 63.9 Å². The first-order valence-electron chi connectivity index (χ1n) is 7.76. The van der Waals surface area contributed by atoms with Crippen molar-refractivity contribution < 1.29 is 9.18 Å². The van der Waals surface area contributed by atoms with Crippen LogP contribution >= 0.6 is 23.1 Å². The SMILES string of the molecule is O=C(CSc1n[nH]c(Cc2cccs2)n1)NCCc1ccc(F)cc1. The first kappa shape index (κ1) is 17.6. The van der Waals surface area contributed by atoms with Gasteiger partial charge in [-0.25, -0.2) is 9.37 Å². The summed E-state index contributed by atoms with van der Waals surface area (Å²) in [6.45, 7) is 0.517. The van der Waals surface area contributed by atoms with Gasteiger partial charge >= 0.3 is 0 Å². The summed E-state index contributed by atoms with van der Waals surface area (Å²) in [7, 11) is 0. The van der Waals surface area contributed by atoms with Crippen LogP contribution in [0.3, 0.4) is 0 Å². The summed E-state index contributed by atoms with van der Waals surface area (Å²) in [4.78, 5) is 17.5. The van der Waals surface area contributed by atoms with Gasteiger partial charge in [-0.05, 0) is 35.6 Å². The van der Waals surface area contributed by atoms with Crippen LogP contribution in [0.4, 0.5) is 4.39 Å². The monoisotopic (exact) mass is 376 g/mol. The molecule has 0 saturated carbocycles. The molecule has 5 nitrogen and oxygen atoms in total. The molecule has 0 saturated heterocycles. The van der Waals surface area contributed by atoms with Gasteiger partial charge in [0.25, 0.3) is 0 Å². The highest BCUT2D eigenvalue weighted by molar-refractivity contribution is 7.99. The summed E-state index contributed by atoms with van der Waals surface area (Å²) in [6.07, 6.45) is 1.39. The van der Waals surface area contributed by atoms with Crippen LogP contribution in [0.15, 0.2) is 46.9 Å². The number of rotatable bonds is 8. The summed E-state index contributed by atoms with van der Waals surface area (Å²) in [6, 6.07) is 10.3. The fourth-order valence-corrected chi connectivity index (χ4v) is 3.53. The fourth-order valence-electron chi connectivity index (χ4n) is 2.18. The van der Waals surface area contributed by atoms with E-state index in [1.54, 1.807) is 23.5 Å². The second-order valence-electron chi connectivity index (χ2n) is 5.34. The van der Waals surface area contributed by atoms with E-state index >= 15 is 0 Å². The molecule has 0 fully saturated rings. The summed E-state index contributed by atoms with van der Waals surface area (Å²) in [5.74, 6) is 0.729. The minimum Gasteiger partial charge on any atom is -0.355 e. The maximum absolute atomic E-state index is 12.8. The number of carbonyl (C=O) groups excluding carboxylic acids is 1. The lowest BCUT2D eigenvalue weighted by Gasteiger charge is -2.04. The Morgan fingerprint density at radius 2 is 2.12 bits per heavy atom. The number of nitrogens with zero attached hydrogens (tertiary/aromatic N) is 2. The van der Waals surface area contributed by atoms with E-state index in [4.69, 9.17) is 0 Å². The Kier molecular flexibility index (Phi) is 6.19. The largest absolute Gasteiger partial charge is 0.355 e. The third-order valence-corrected chi connectivity index (χ3v) is 5.14. The van der Waals surface area contributed by atoms with Gasteiger partial charge < -0.3 is 5.32 Å². The molecule has 1 amide bonds. The first-order chi connectivity index (χ1) is 12.2. The number of aromatic amines is 1. The van der Waals surface area contributed by atoms with Gasteiger partial charge in [0.2, 0.25) is 11.1 Å². The van der Waals surface area contributed by atoms with Gasteiger partial charge in [-0.3, -0.25) is 9.89 Å². The third kappa shape index (κ3) is 5.68. The molecule has 0 spiro atoms. The molecule has 8 heteroatoms. The lowest BCUT2D eigenvalue weighted by atomic mass is 10.1. The second kappa shape index (κ2) is 8.77. The predicted molar refractivity (Wildman–Crippen MR) is 97.3 cm³/mol. The fraction of sp³-hybridized carbons (Fsp3) is 0.235. The van der Waals surface area contributed by atoms with Crippen molar-refractivity contribution in [1.29, 1.82) is 0 Å². The van der Waals surface area contributed by atoms with Crippen molar-refractivity contribution in [3.63, 3.8) is 0 Å². The molecular weight excluding hydrogens is 359 g/mol. The average molecular weight is 376 g/mol. The molecule has 1 aromatic carbocycles. The number of thiophene rings is 1. The Balaban J connectivity index is 1.37. The van der Waals surface area contributed by atoms with Crippen molar-refractivity contribution in [2.45, 2.75) is 18.0 Å². The van der Waals surface area contributed by atoms with Crippen LogP contribution in [0.5, 0.6) is 0 Å². The van der Waals surface area contributed by atoms with Gasteiger partial charge in [-0.1, -0.05) is 30.0 Å². The molecule has 0 aliphatic carbocycles. The predicted octanol–water partition coefficient (Wildman–Crippen LogP) is 3.05. The number of halogens is 1. The topological polar surface area (TPSA) is 70.7 Å². The van der Waals surface area contributed by atoms with Crippen molar-refractivity contribution in [1.82, 2.24) is 20.5 Å². The van der Waals surface area contributed by atoms with E-state index in [1.807, 2.05) is 11.4 Å². The highest BCUT2D eigenvalue weighted by Gasteiger charge is 2.08. The van der Waals surface area contributed by atoms with Crippen LogP contribution in [0.1, 0.15) is 16.3 Å². The van der Waals surface area contributed by atoms with E-state index in [9.17, 15) is 9.18 Å². The minimum absolute atomic E-state index is 0.0725. The van der Waals surface area contributed by atoms with E-state index in [2.05, 4.69) is 26.6 Å². The van der Waals surface area contributed by atoms with Crippen LogP contribution in [-0.4, -0.2) is 33.4 Å². The molecule has 2 aromatic heterocycles. The molecule has 2 N–H and O–H groups in total. The van der Waals surface area contributed by atoms with Crippen LogP contribution in [-0.2, 0) is 17.6 Å². The Labute approximate surface area is 153 Å². The lowest BCUT2D eigenvalue weighted by molar-refractivity contribution is -0.118. The van der Waals surface area contributed by atoms with Crippen molar-refractivity contribution in [3.8, 4) is 0 Å². The van der Waals surface area contributed by atoms with E-state index in [0.29, 0.717) is 18.1 Å². The third-order valence-electron chi connectivity index (χ3n) is 3.41. The van der Waals surface area contributed by atoms with E-state index in [-0.39, 0.29) is 17.5 Å². The molecule has 3 aromatic rings. The van der Waals surface area contributed by atoms with E-state index in [1.165, 1.54) is 28.8 Å². The number of thioether (sulfide) groups is 1. The number of amides is 1. The van der Waals surface area contributed by atoms with Gasteiger partial charge in [0.1, 0.15) is 11.6 Å². The first-order valence-corrected chi connectivity index (χ1v) is 9.63. The normalized spacial score (nSPS) is 10.8. The number of nitrogens with one attached hydrogen (secondary N) is 2. The molecule has 25 heavy (non-hydrogen) atoms. The Morgan fingerprint density at radius 1 is 1.28 bits per heavy atom. The molecule has 0 aliphatic rings. The molecule has 3 rings (SSSR count). The highest BCUT2D eigenvalue weighted by atomic mass is 32.2. The Morgan fingerprint density at radius 3 is 2.88 bits per heavy atom. The molecule has 0 bridgehead atoms. The van der Waals surface area contributed by atoms with Crippen molar-refractivity contribution >= 4 is 29.0 Å². The van der Waals surface area contributed by atoms with Gasteiger partial charge in [-0.15, -0.1) is 16.4 Å². The van der Waals surface area contributed by atoms with Crippen molar-refractivity contribution in [2.75, 3.05) is 12.3 Å². The maximum Gasteiger partial charge on any atom is 0.230 e. The zero-order chi connectivity index (χ0) is 17.5. The number of carbonyl (C=O) groups is 1. The van der Waals surface area contributed by atoms with E-state index < -0.39 is 0 Å². The van der Waals surface area contributed by atoms with Gasteiger partial charge in [0.05, 0.1) is 5.75 Å². The molecule has 0 aliphatic heterocycles. The van der Waals surface area contributed by atoms with Gasteiger partial charge in [-0.2, -0.15) is 0 Å². The average Bonchev–Trinajstić information content (AvgIpc) is 3.27. The zero-order valence-electron chi connectivity index (χ0n) is 13.4. The van der Waals surface area contributed by atoms with Crippen molar-refractivity contribution in [2.24, 2.45) is 0 Å². The van der Waals surface area contributed by atoms with Gasteiger partial charge in [0, 0.05) is 17.8 Å². The summed E-state index contributed by atoms with van der Waals surface area (Å²) in [5, 5.41) is 12.5. The molecule has 0 atom stereocenters. The number of benzene rings is 1. The number of H-pyrrole nitrogens is 1. The molecule has 2 heterocycles. The number of aromatic nitrogens is 3. The summed E-state index contributed by atoms with van der Waals surface area (Å²) < 4.78 is 12.8. The summed E-state index contributed by atoms with van der Waals surface area (Å²) in [5.41, 5.74) is 0.988. The minimum atomic E-state index is -0.255. The maximum atomic E-state index is 12.8. The lowest BCUT2D eigenvalue weighted by Crippen LogP contribution is -2.27. The standard InChI is InChI=1S/C17H17FN4OS2/c18-13-5-3-12(4-6-13)7-8-19-16(23)11-25-17-20-15(21-22-17)10-14-2-1-9-24-14/h1-6,9H,7-8,10-11H2,(H,19,23)(H,20,21,22). The molecule has 0 radical (unpaired) electrons.